The Morgan fingerprint density at radius 3 is 2.90 bits per heavy atom. The molecule has 3 unspecified atom stereocenters. The lowest BCUT2D eigenvalue weighted by Gasteiger charge is -2.17. The summed E-state index contributed by atoms with van der Waals surface area (Å²) >= 11 is 11.8. The highest BCUT2D eigenvalue weighted by atomic mass is 35.5. The van der Waals surface area contributed by atoms with Gasteiger partial charge in [0, 0.05) is 28.8 Å². The molecule has 20 heavy (non-hydrogen) atoms. The van der Waals surface area contributed by atoms with Gasteiger partial charge in [0.15, 0.2) is 0 Å². The molecule has 0 radical (unpaired) electrons. The van der Waals surface area contributed by atoms with Gasteiger partial charge >= 0.3 is 0 Å². The average molecular weight is 318 g/mol. The number of carbonyl (C=O) groups excluding carboxylic acids is 1. The van der Waals surface area contributed by atoms with E-state index in [1.807, 2.05) is 6.92 Å². The van der Waals surface area contributed by atoms with Crippen LogP contribution in [0.5, 0.6) is 0 Å². The smallest absolute Gasteiger partial charge is 0.225 e. The number of aliphatic hydroxyl groups excluding tert-OH is 1. The normalized spacial score (nSPS) is 23.6. The first-order valence-electron chi connectivity index (χ1n) is 6.51. The van der Waals surface area contributed by atoms with Gasteiger partial charge in [-0.1, -0.05) is 29.3 Å². The molecule has 1 fully saturated rings. The number of benzene rings is 1. The molecule has 1 aliphatic heterocycles. The molecule has 2 rings (SSSR count). The quantitative estimate of drug-likeness (QED) is 0.897. The van der Waals surface area contributed by atoms with Crippen molar-refractivity contribution in [3.63, 3.8) is 0 Å². The molecule has 1 amide bonds. The van der Waals surface area contributed by atoms with Gasteiger partial charge in [-0.25, -0.2) is 0 Å². The largest absolute Gasteiger partial charge is 0.387 e. The van der Waals surface area contributed by atoms with Crippen LogP contribution in [0.1, 0.15) is 25.0 Å². The van der Waals surface area contributed by atoms with Gasteiger partial charge in [-0.3, -0.25) is 4.79 Å². The lowest BCUT2D eigenvalue weighted by atomic mass is 10.0. The van der Waals surface area contributed by atoms with E-state index in [9.17, 15) is 9.90 Å². The van der Waals surface area contributed by atoms with E-state index in [0.717, 1.165) is 0 Å². The van der Waals surface area contributed by atoms with Crippen molar-refractivity contribution < 1.29 is 14.6 Å². The lowest BCUT2D eigenvalue weighted by molar-refractivity contribution is -0.126. The van der Waals surface area contributed by atoms with Gasteiger partial charge < -0.3 is 15.2 Å². The number of nitrogens with one attached hydrogen (secondary N) is 1. The monoisotopic (exact) mass is 317 g/mol. The van der Waals surface area contributed by atoms with E-state index in [-0.39, 0.29) is 24.5 Å². The SMILES string of the molecule is CC1OCCC1C(=O)NCC(O)c1ccc(Cl)cc1Cl. The highest BCUT2D eigenvalue weighted by Crippen LogP contribution is 2.26. The molecule has 1 heterocycles. The summed E-state index contributed by atoms with van der Waals surface area (Å²) < 4.78 is 5.35. The van der Waals surface area contributed by atoms with Crippen molar-refractivity contribution in [2.75, 3.05) is 13.2 Å². The fourth-order valence-electron chi connectivity index (χ4n) is 2.29. The third-order valence-electron chi connectivity index (χ3n) is 3.50. The van der Waals surface area contributed by atoms with Crippen molar-refractivity contribution in [2.45, 2.75) is 25.6 Å². The molecule has 1 aromatic carbocycles. The Bertz CT molecular complexity index is 495. The maximum Gasteiger partial charge on any atom is 0.225 e. The summed E-state index contributed by atoms with van der Waals surface area (Å²) in [7, 11) is 0. The summed E-state index contributed by atoms with van der Waals surface area (Å²) in [6, 6.07) is 4.87. The minimum atomic E-state index is -0.860. The molecule has 0 bridgehead atoms. The van der Waals surface area contributed by atoms with Gasteiger partial charge in [-0.05, 0) is 25.5 Å². The molecule has 0 spiro atoms. The van der Waals surface area contributed by atoms with Crippen LogP contribution in [-0.4, -0.2) is 30.3 Å². The molecule has 1 aromatic rings. The molecule has 0 saturated carbocycles. The summed E-state index contributed by atoms with van der Waals surface area (Å²) in [5.74, 6) is -0.248. The third-order valence-corrected chi connectivity index (χ3v) is 4.07. The Hall–Kier alpha value is -0.810. The molecule has 0 aliphatic carbocycles. The molecule has 2 N–H and O–H groups in total. The van der Waals surface area contributed by atoms with Crippen LogP contribution in [0.15, 0.2) is 18.2 Å². The summed E-state index contributed by atoms with van der Waals surface area (Å²) in [6.45, 7) is 2.60. The Morgan fingerprint density at radius 1 is 1.55 bits per heavy atom. The zero-order valence-corrected chi connectivity index (χ0v) is 12.6. The number of rotatable bonds is 4. The van der Waals surface area contributed by atoms with Crippen LogP contribution in [0.25, 0.3) is 0 Å². The summed E-state index contributed by atoms with van der Waals surface area (Å²) in [6.07, 6.45) is -0.224. The molecular weight excluding hydrogens is 301 g/mol. The summed E-state index contributed by atoms with van der Waals surface area (Å²) in [5, 5.41) is 13.7. The topological polar surface area (TPSA) is 58.6 Å². The predicted molar refractivity (Wildman–Crippen MR) is 78.0 cm³/mol. The second kappa shape index (κ2) is 6.76. The Labute approximate surface area is 128 Å². The molecule has 3 atom stereocenters. The first-order chi connectivity index (χ1) is 9.49. The fraction of sp³-hybridized carbons (Fsp3) is 0.500. The highest BCUT2D eigenvalue weighted by Gasteiger charge is 2.30. The number of amides is 1. The van der Waals surface area contributed by atoms with E-state index in [1.165, 1.54) is 0 Å². The summed E-state index contributed by atoms with van der Waals surface area (Å²) in [4.78, 5) is 12.0. The van der Waals surface area contributed by atoms with Gasteiger partial charge in [-0.2, -0.15) is 0 Å². The van der Waals surface area contributed by atoms with Gasteiger partial charge in [0.05, 0.1) is 18.1 Å². The second-order valence-corrected chi connectivity index (χ2v) is 5.74. The molecule has 6 heteroatoms. The number of carbonyl (C=O) groups is 1. The van der Waals surface area contributed by atoms with Gasteiger partial charge in [0.2, 0.25) is 5.91 Å². The van der Waals surface area contributed by atoms with E-state index in [1.54, 1.807) is 18.2 Å². The standard InChI is InChI=1S/C14H17Cl2NO3/c1-8-10(4-5-20-8)14(19)17-7-13(18)11-3-2-9(15)6-12(11)16/h2-3,6,8,10,13,18H,4-5,7H2,1H3,(H,17,19). The molecule has 0 aromatic heterocycles. The molecule has 4 nitrogen and oxygen atoms in total. The van der Waals surface area contributed by atoms with Crippen molar-refractivity contribution in [1.29, 1.82) is 0 Å². The molecule has 110 valence electrons. The van der Waals surface area contributed by atoms with Crippen LogP contribution in [0, 0.1) is 5.92 Å². The third kappa shape index (κ3) is 3.64. The van der Waals surface area contributed by atoms with E-state index in [0.29, 0.717) is 28.6 Å². The minimum absolute atomic E-state index is 0.0775. The minimum Gasteiger partial charge on any atom is -0.387 e. The van der Waals surface area contributed by atoms with E-state index < -0.39 is 6.10 Å². The number of halogens is 2. The van der Waals surface area contributed by atoms with E-state index in [4.69, 9.17) is 27.9 Å². The maximum atomic E-state index is 12.0. The number of ether oxygens (including phenoxy) is 1. The van der Waals surface area contributed by atoms with Crippen molar-refractivity contribution in [3.8, 4) is 0 Å². The first kappa shape index (κ1) is 15.6. The molecule has 1 saturated heterocycles. The number of hydrogen-bond donors (Lipinski definition) is 2. The fourth-order valence-corrected chi connectivity index (χ4v) is 2.82. The van der Waals surface area contributed by atoms with Crippen LogP contribution >= 0.6 is 23.2 Å². The predicted octanol–water partition coefficient (Wildman–Crippen LogP) is 2.57. The van der Waals surface area contributed by atoms with E-state index in [2.05, 4.69) is 5.32 Å². The van der Waals surface area contributed by atoms with Crippen LogP contribution in [-0.2, 0) is 9.53 Å². The van der Waals surface area contributed by atoms with Crippen molar-refractivity contribution >= 4 is 29.1 Å². The van der Waals surface area contributed by atoms with Crippen LogP contribution in [0.2, 0.25) is 10.0 Å². The van der Waals surface area contributed by atoms with Crippen molar-refractivity contribution in [2.24, 2.45) is 5.92 Å². The second-order valence-electron chi connectivity index (χ2n) is 4.90. The van der Waals surface area contributed by atoms with Gasteiger partial charge in [0.25, 0.3) is 0 Å². The van der Waals surface area contributed by atoms with Crippen molar-refractivity contribution in [1.82, 2.24) is 5.32 Å². The first-order valence-corrected chi connectivity index (χ1v) is 7.27. The van der Waals surface area contributed by atoms with E-state index >= 15 is 0 Å². The molecular formula is C14H17Cl2NO3. The van der Waals surface area contributed by atoms with Crippen LogP contribution in [0.3, 0.4) is 0 Å². The summed E-state index contributed by atoms with van der Waals surface area (Å²) in [5.41, 5.74) is 0.548. The lowest BCUT2D eigenvalue weighted by Crippen LogP contribution is -2.36. The zero-order valence-electron chi connectivity index (χ0n) is 11.1. The Balaban J connectivity index is 1.91. The number of aliphatic hydroxyl groups is 1. The van der Waals surface area contributed by atoms with Gasteiger partial charge in [-0.15, -0.1) is 0 Å². The zero-order chi connectivity index (χ0) is 14.7. The molecule has 1 aliphatic rings. The Morgan fingerprint density at radius 2 is 2.30 bits per heavy atom. The van der Waals surface area contributed by atoms with Crippen LogP contribution < -0.4 is 5.32 Å². The number of hydrogen-bond acceptors (Lipinski definition) is 3. The van der Waals surface area contributed by atoms with Crippen LogP contribution in [0.4, 0.5) is 0 Å². The average Bonchev–Trinajstić information content (AvgIpc) is 2.82. The van der Waals surface area contributed by atoms with Crippen molar-refractivity contribution in [3.05, 3.63) is 33.8 Å². The highest BCUT2D eigenvalue weighted by molar-refractivity contribution is 6.35. The Kier molecular flexibility index (Phi) is 5.27. The van der Waals surface area contributed by atoms with Gasteiger partial charge in [0.1, 0.15) is 0 Å². The maximum absolute atomic E-state index is 12.0.